The zero-order valence-corrected chi connectivity index (χ0v) is 11.0. The average molecular weight is 294 g/mol. The Hall–Kier alpha value is -1.12. The molecule has 1 fully saturated rings. The van der Waals surface area contributed by atoms with Crippen LogP contribution in [0.3, 0.4) is 0 Å². The van der Waals surface area contributed by atoms with E-state index in [1.54, 1.807) is 6.92 Å². The van der Waals surface area contributed by atoms with E-state index in [-0.39, 0.29) is 18.7 Å². The van der Waals surface area contributed by atoms with E-state index in [1.165, 1.54) is 0 Å². The molecule has 1 aromatic rings. The van der Waals surface area contributed by atoms with Gasteiger partial charge in [-0.15, -0.1) is 0 Å². The lowest BCUT2D eigenvalue weighted by molar-refractivity contribution is 0.282. The van der Waals surface area contributed by atoms with Crippen molar-refractivity contribution in [1.82, 2.24) is 9.62 Å². The topological polar surface area (TPSA) is 49.4 Å². The molecule has 1 aliphatic rings. The number of hydrogen-bond donors (Lipinski definition) is 1. The molecule has 1 saturated heterocycles. The second-order valence-corrected chi connectivity index (χ2v) is 6.22. The van der Waals surface area contributed by atoms with E-state index in [9.17, 15) is 21.6 Å². The van der Waals surface area contributed by atoms with Crippen LogP contribution >= 0.6 is 0 Å². The van der Waals surface area contributed by atoms with Crippen molar-refractivity contribution in [2.45, 2.75) is 17.9 Å². The summed E-state index contributed by atoms with van der Waals surface area (Å²) in [5.41, 5.74) is 0. The van der Waals surface area contributed by atoms with Gasteiger partial charge in [0.05, 0.1) is 0 Å². The van der Waals surface area contributed by atoms with Crippen molar-refractivity contribution < 1.29 is 21.6 Å². The molecule has 106 valence electrons. The molecule has 0 amide bonds. The molecule has 4 nitrogen and oxygen atoms in total. The highest BCUT2D eigenvalue weighted by Gasteiger charge is 2.33. The van der Waals surface area contributed by atoms with Crippen LogP contribution in [0.25, 0.3) is 0 Å². The fraction of sp³-hybridized carbons (Fsp3) is 0.455. The zero-order valence-electron chi connectivity index (χ0n) is 10.2. The molecule has 0 radical (unpaired) electrons. The summed E-state index contributed by atoms with van der Waals surface area (Å²) < 4.78 is 65.1. The molecule has 0 spiro atoms. The van der Waals surface area contributed by atoms with Gasteiger partial charge in [-0.2, -0.15) is 4.31 Å². The number of rotatable bonds is 2. The fourth-order valence-corrected chi connectivity index (χ4v) is 3.70. The Bertz CT molecular complexity index is 592. The first-order chi connectivity index (χ1) is 8.84. The summed E-state index contributed by atoms with van der Waals surface area (Å²) in [6, 6.07) is 0.246. The summed E-state index contributed by atoms with van der Waals surface area (Å²) in [5.74, 6) is -4.09. The third-order valence-corrected chi connectivity index (χ3v) is 5.03. The van der Waals surface area contributed by atoms with Gasteiger partial charge in [0, 0.05) is 31.7 Å². The van der Waals surface area contributed by atoms with Gasteiger partial charge >= 0.3 is 0 Å². The number of piperazine rings is 1. The van der Waals surface area contributed by atoms with Gasteiger partial charge in [-0.05, 0) is 13.0 Å². The molecule has 19 heavy (non-hydrogen) atoms. The van der Waals surface area contributed by atoms with E-state index < -0.39 is 32.4 Å². The molecule has 8 heteroatoms. The number of sulfonamides is 1. The highest BCUT2D eigenvalue weighted by molar-refractivity contribution is 7.89. The van der Waals surface area contributed by atoms with Gasteiger partial charge in [0.1, 0.15) is 10.7 Å². The molecule has 0 aliphatic carbocycles. The smallest absolute Gasteiger partial charge is 0.246 e. The van der Waals surface area contributed by atoms with Crippen LogP contribution in [0.4, 0.5) is 13.2 Å². The lowest BCUT2D eigenvalue weighted by atomic mass is 10.3. The predicted octanol–water partition coefficient (Wildman–Crippen LogP) is 1.09. The van der Waals surface area contributed by atoms with Crippen molar-refractivity contribution in [3.8, 4) is 0 Å². The van der Waals surface area contributed by atoms with Gasteiger partial charge in [-0.1, -0.05) is 0 Å². The Balaban J connectivity index is 2.47. The third-order valence-electron chi connectivity index (χ3n) is 3.00. The van der Waals surface area contributed by atoms with E-state index in [0.717, 1.165) is 4.31 Å². The average Bonchev–Trinajstić information content (AvgIpc) is 2.34. The molecule has 1 aliphatic heterocycles. The Morgan fingerprint density at radius 1 is 1.21 bits per heavy atom. The second kappa shape index (κ2) is 5.10. The van der Waals surface area contributed by atoms with Gasteiger partial charge < -0.3 is 5.32 Å². The summed E-state index contributed by atoms with van der Waals surface area (Å²) >= 11 is 0. The molecular weight excluding hydrogens is 281 g/mol. The van der Waals surface area contributed by atoms with E-state index in [1.807, 2.05) is 0 Å². The van der Waals surface area contributed by atoms with Crippen molar-refractivity contribution in [1.29, 1.82) is 0 Å². The quantitative estimate of drug-likeness (QED) is 0.831. The Labute approximate surface area is 109 Å². The van der Waals surface area contributed by atoms with Crippen molar-refractivity contribution in [2.24, 2.45) is 0 Å². The minimum absolute atomic E-state index is 0.155. The lowest BCUT2D eigenvalue weighted by Gasteiger charge is -2.32. The second-order valence-electron chi connectivity index (χ2n) is 4.37. The van der Waals surface area contributed by atoms with Gasteiger partial charge in [-0.25, -0.2) is 21.6 Å². The Morgan fingerprint density at radius 2 is 1.84 bits per heavy atom. The maximum Gasteiger partial charge on any atom is 0.246 e. The van der Waals surface area contributed by atoms with Gasteiger partial charge in [0.2, 0.25) is 10.0 Å². The molecule has 2 rings (SSSR count). The molecule has 0 aromatic heterocycles. The number of hydrogen-bond acceptors (Lipinski definition) is 3. The molecule has 1 N–H and O–H groups in total. The van der Waals surface area contributed by atoms with Crippen LogP contribution in [-0.2, 0) is 10.0 Å². The molecule has 1 atom stereocenters. The van der Waals surface area contributed by atoms with Crippen LogP contribution < -0.4 is 5.32 Å². The van der Waals surface area contributed by atoms with Crippen LogP contribution in [0, 0.1) is 17.5 Å². The number of nitrogens with one attached hydrogen (secondary N) is 1. The van der Waals surface area contributed by atoms with Gasteiger partial charge in [-0.3, -0.25) is 0 Å². The zero-order chi connectivity index (χ0) is 14.2. The summed E-state index contributed by atoms with van der Waals surface area (Å²) in [5, 5.41) is 2.99. The van der Waals surface area contributed by atoms with Crippen molar-refractivity contribution in [3.05, 3.63) is 29.6 Å². The summed E-state index contributed by atoms with van der Waals surface area (Å²) in [4.78, 5) is -0.833. The monoisotopic (exact) mass is 294 g/mol. The Morgan fingerprint density at radius 3 is 2.47 bits per heavy atom. The van der Waals surface area contributed by atoms with Crippen molar-refractivity contribution in [3.63, 3.8) is 0 Å². The van der Waals surface area contributed by atoms with Crippen LogP contribution in [-0.4, -0.2) is 38.4 Å². The van der Waals surface area contributed by atoms with Crippen LogP contribution in [0.2, 0.25) is 0 Å². The SMILES string of the molecule is C[C@@H]1CNCCN1S(=O)(=O)c1cc(F)c(F)cc1F. The van der Waals surface area contributed by atoms with Crippen LogP contribution in [0.15, 0.2) is 17.0 Å². The molecule has 1 aromatic carbocycles. The molecule has 0 unspecified atom stereocenters. The van der Waals surface area contributed by atoms with Crippen LogP contribution in [0.1, 0.15) is 6.92 Å². The summed E-state index contributed by atoms with van der Waals surface area (Å²) in [6.45, 7) is 2.66. The molecule has 0 bridgehead atoms. The lowest BCUT2D eigenvalue weighted by Crippen LogP contribution is -2.52. The first-order valence-electron chi connectivity index (χ1n) is 5.71. The normalized spacial score (nSPS) is 21.6. The summed E-state index contributed by atoms with van der Waals surface area (Å²) in [7, 11) is -4.17. The maximum atomic E-state index is 13.6. The molecular formula is C11H13F3N2O2S. The third kappa shape index (κ3) is 2.60. The van der Waals surface area contributed by atoms with E-state index in [0.29, 0.717) is 19.2 Å². The first kappa shape index (κ1) is 14.3. The minimum Gasteiger partial charge on any atom is -0.314 e. The highest BCUT2D eigenvalue weighted by Crippen LogP contribution is 2.24. The first-order valence-corrected chi connectivity index (χ1v) is 7.15. The molecule has 0 saturated carbocycles. The predicted molar refractivity (Wildman–Crippen MR) is 62.5 cm³/mol. The Kier molecular flexibility index (Phi) is 3.84. The maximum absolute atomic E-state index is 13.6. The summed E-state index contributed by atoms with van der Waals surface area (Å²) in [6.07, 6.45) is 0. The number of benzene rings is 1. The molecule has 1 heterocycles. The minimum atomic E-state index is -4.17. The van der Waals surface area contributed by atoms with E-state index >= 15 is 0 Å². The fourth-order valence-electron chi connectivity index (χ4n) is 2.01. The van der Waals surface area contributed by atoms with Crippen molar-refractivity contribution >= 4 is 10.0 Å². The standard InChI is InChI=1S/C11H13F3N2O2S/c1-7-6-15-2-3-16(7)19(17,18)11-5-9(13)8(12)4-10(11)14/h4-5,7,15H,2-3,6H2,1H3/t7-/m1/s1. The largest absolute Gasteiger partial charge is 0.314 e. The van der Waals surface area contributed by atoms with E-state index in [2.05, 4.69) is 5.32 Å². The number of nitrogens with zero attached hydrogens (tertiary/aromatic N) is 1. The number of halogens is 3. The van der Waals surface area contributed by atoms with Gasteiger partial charge in [0.25, 0.3) is 0 Å². The van der Waals surface area contributed by atoms with Gasteiger partial charge in [0.15, 0.2) is 11.6 Å². The highest BCUT2D eigenvalue weighted by atomic mass is 32.2. The van der Waals surface area contributed by atoms with Crippen molar-refractivity contribution in [2.75, 3.05) is 19.6 Å². The van der Waals surface area contributed by atoms with E-state index in [4.69, 9.17) is 0 Å². The van der Waals surface area contributed by atoms with Crippen LogP contribution in [0.5, 0.6) is 0 Å².